The maximum absolute atomic E-state index is 12.6. The number of aromatic nitrogens is 3. The molecule has 2 fully saturated rings. The summed E-state index contributed by atoms with van der Waals surface area (Å²) < 4.78 is 10.6. The molecule has 2 aromatic heterocycles. The fourth-order valence-corrected chi connectivity index (χ4v) is 4.06. The van der Waals surface area contributed by atoms with E-state index in [9.17, 15) is 9.59 Å². The van der Waals surface area contributed by atoms with Crippen molar-refractivity contribution in [1.29, 1.82) is 0 Å². The molecule has 9 nitrogen and oxygen atoms in total. The average Bonchev–Trinajstić information content (AvgIpc) is 3.36. The molecule has 172 valence electrons. The second-order valence-electron chi connectivity index (χ2n) is 8.88. The van der Waals surface area contributed by atoms with Gasteiger partial charge in [0.2, 0.25) is 17.7 Å². The van der Waals surface area contributed by atoms with Crippen molar-refractivity contribution in [2.45, 2.75) is 38.0 Å². The highest BCUT2D eigenvalue weighted by Crippen LogP contribution is 2.31. The summed E-state index contributed by atoms with van der Waals surface area (Å²) in [5.74, 6) is 1.74. The van der Waals surface area contributed by atoms with E-state index in [2.05, 4.69) is 15.3 Å². The van der Waals surface area contributed by atoms with Gasteiger partial charge in [0.1, 0.15) is 12.0 Å². The Balaban J connectivity index is 1.07. The van der Waals surface area contributed by atoms with Crippen molar-refractivity contribution in [3.05, 3.63) is 53.9 Å². The Morgan fingerprint density at radius 3 is 2.67 bits per heavy atom. The van der Waals surface area contributed by atoms with Crippen molar-refractivity contribution in [2.24, 2.45) is 5.92 Å². The summed E-state index contributed by atoms with van der Waals surface area (Å²) in [6.07, 6.45) is 5.15. The minimum absolute atomic E-state index is 0.0662. The van der Waals surface area contributed by atoms with E-state index in [1.807, 2.05) is 42.3 Å². The van der Waals surface area contributed by atoms with Crippen LogP contribution in [-0.4, -0.2) is 63.6 Å². The van der Waals surface area contributed by atoms with E-state index in [4.69, 9.17) is 9.05 Å². The Morgan fingerprint density at radius 2 is 1.91 bits per heavy atom. The van der Waals surface area contributed by atoms with Crippen LogP contribution in [-0.2, 0) is 22.4 Å². The molecule has 9 heteroatoms. The smallest absolute Gasteiger partial charge is 0.233 e. The fraction of sp³-hybridized carbons (Fsp3) is 0.458. The topological polar surface area (TPSA) is 106 Å². The lowest BCUT2D eigenvalue weighted by Crippen LogP contribution is -2.48. The zero-order valence-electron chi connectivity index (χ0n) is 18.6. The lowest BCUT2D eigenvalue weighted by Gasteiger charge is -2.37. The minimum atomic E-state index is 0.0662. The van der Waals surface area contributed by atoms with Crippen LogP contribution in [0.5, 0.6) is 0 Å². The van der Waals surface area contributed by atoms with Crippen LogP contribution in [0.1, 0.15) is 42.5 Å². The number of nitrogens with zero attached hydrogens (tertiary/aromatic N) is 5. The summed E-state index contributed by atoms with van der Waals surface area (Å²) in [5, 5.41) is 8.14. The van der Waals surface area contributed by atoms with Gasteiger partial charge >= 0.3 is 0 Å². The highest BCUT2D eigenvalue weighted by Gasteiger charge is 2.36. The Hall–Kier alpha value is -3.49. The molecule has 0 spiro atoms. The molecule has 0 bridgehead atoms. The number of likely N-dealkylation sites (N-methyl/N-ethyl adjacent to an activating group) is 1. The number of hydrogen-bond donors (Lipinski definition) is 0. The van der Waals surface area contributed by atoms with Gasteiger partial charge in [-0.1, -0.05) is 40.6 Å². The van der Waals surface area contributed by atoms with Gasteiger partial charge in [0.15, 0.2) is 5.82 Å². The van der Waals surface area contributed by atoms with Gasteiger partial charge < -0.3 is 18.8 Å². The molecule has 3 aromatic rings. The number of aryl methyl sites for hydroxylation is 1. The Morgan fingerprint density at radius 1 is 1.12 bits per heavy atom. The molecular weight excluding hydrogens is 422 g/mol. The number of hydrogen-bond acceptors (Lipinski definition) is 7. The predicted octanol–water partition coefficient (Wildman–Crippen LogP) is 2.69. The van der Waals surface area contributed by atoms with Crippen molar-refractivity contribution >= 4 is 11.8 Å². The third kappa shape index (κ3) is 4.81. The normalized spacial score (nSPS) is 16.0. The molecule has 1 aliphatic carbocycles. The second kappa shape index (κ2) is 9.17. The van der Waals surface area contributed by atoms with Gasteiger partial charge in [-0.15, -0.1) is 0 Å². The number of rotatable bonds is 9. The van der Waals surface area contributed by atoms with Gasteiger partial charge in [0, 0.05) is 56.6 Å². The molecule has 3 heterocycles. The highest BCUT2D eigenvalue weighted by molar-refractivity contribution is 5.80. The summed E-state index contributed by atoms with van der Waals surface area (Å²) in [6, 6.07) is 9.81. The van der Waals surface area contributed by atoms with E-state index in [-0.39, 0.29) is 23.7 Å². The summed E-state index contributed by atoms with van der Waals surface area (Å²) in [7, 11) is 1.82. The van der Waals surface area contributed by atoms with Gasteiger partial charge in [-0.3, -0.25) is 9.59 Å². The summed E-state index contributed by atoms with van der Waals surface area (Å²) in [5.41, 5.74) is 2.69. The average molecular weight is 450 g/mol. The van der Waals surface area contributed by atoms with Crippen molar-refractivity contribution in [1.82, 2.24) is 25.1 Å². The standard InChI is InChI=1S/C24H27N5O4/c1-28(24(31)17-7-8-17)12-11-20-25-23(33-26-20)19-13-29(14-19)21(30)10-9-18-15-32-27-22(18)16-5-3-2-4-6-16/h2-6,15,17,19H,7-14H2,1H3. The van der Waals surface area contributed by atoms with Crippen LogP contribution in [0.25, 0.3) is 11.3 Å². The molecule has 1 saturated carbocycles. The van der Waals surface area contributed by atoms with Crippen molar-refractivity contribution in [3.8, 4) is 11.3 Å². The van der Waals surface area contributed by atoms with Gasteiger partial charge in [0.25, 0.3) is 0 Å². The number of carbonyl (C=O) groups is 2. The van der Waals surface area contributed by atoms with Crippen LogP contribution in [0.3, 0.4) is 0 Å². The van der Waals surface area contributed by atoms with E-state index >= 15 is 0 Å². The summed E-state index contributed by atoms with van der Waals surface area (Å²) >= 11 is 0. The molecular formula is C24H27N5O4. The minimum Gasteiger partial charge on any atom is -0.364 e. The third-order valence-electron chi connectivity index (χ3n) is 6.34. The first-order chi connectivity index (χ1) is 16.1. The molecule has 2 aliphatic rings. The largest absolute Gasteiger partial charge is 0.364 e. The number of amides is 2. The SMILES string of the molecule is CN(CCc1noc(C2CN(C(=O)CCc3conc3-c3ccccc3)C2)n1)C(=O)C1CC1. The maximum Gasteiger partial charge on any atom is 0.233 e. The van der Waals surface area contributed by atoms with Crippen LogP contribution in [0, 0.1) is 5.92 Å². The number of benzene rings is 1. The predicted molar refractivity (Wildman–Crippen MR) is 118 cm³/mol. The second-order valence-corrected chi connectivity index (χ2v) is 8.88. The van der Waals surface area contributed by atoms with Gasteiger partial charge in [0.05, 0.1) is 5.92 Å². The third-order valence-corrected chi connectivity index (χ3v) is 6.34. The van der Waals surface area contributed by atoms with E-state index in [1.165, 1.54) is 0 Å². The molecule has 0 N–H and O–H groups in total. The lowest BCUT2D eigenvalue weighted by atomic mass is 9.98. The van der Waals surface area contributed by atoms with Crippen LogP contribution in [0.2, 0.25) is 0 Å². The zero-order chi connectivity index (χ0) is 22.8. The molecule has 2 amide bonds. The molecule has 0 radical (unpaired) electrons. The first kappa shape index (κ1) is 21.4. The lowest BCUT2D eigenvalue weighted by molar-refractivity contribution is -0.136. The molecule has 1 saturated heterocycles. The first-order valence-corrected chi connectivity index (χ1v) is 11.4. The monoisotopic (exact) mass is 449 g/mol. The summed E-state index contributed by atoms with van der Waals surface area (Å²) in [4.78, 5) is 32.7. The van der Waals surface area contributed by atoms with Crippen molar-refractivity contribution in [3.63, 3.8) is 0 Å². The van der Waals surface area contributed by atoms with Crippen molar-refractivity contribution in [2.75, 3.05) is 26.7 Å². The van der Waals surface area contributed by atoms with E-state index in [1.54, 1.807) is 11.2 Å². The molecule has 0 atom stereocenters. The quantitative estimate of drug-likeness (QED) is 0.494. The molecule has 5 rings (SSSR count). The maximum atomic E-state index is 12.6. The van der Waals surface area contributed by atoms with Crippen LogP contribution >= 0.6 is 0 Å². The number of carbonyl (C=O) groups excluding carboxylic acids is 2. The Bertz CT molecular complexity index is 1110. The molecule has 1 aromatic carbocycles. The van der Waals surface area contributed by atoms with Gasteiger partial charge in [-0.05, 0) is 19.3 Å². The molecule has 33 heavy (non-hydrogen) atoms. The van der Waals surface area contributed by atoms with Crippen molar-refractivity contribution < 1.29 is 18.6 Å². The molecule has 0 unspecified atom stereocenters. The van der Waals surface area contributed by atoms with Crippen LogP contribution in [0.15, 0.2) is 45.6 Å². The van der Waals surface area contributed by atoms with E-state index in [0.29, 0.717) is 50.6 Å². The van der Waals surface area contributed by atoms with Crippen LogP contribution in [0.4, 0.5) is 0 Å². The van der Waals surface area contributed by atoms with Crippen LogP contribution < -0.4 is 0 Å². The first-order valence-electron chi connectivity index (χ1n) is 11.4. The van der Waals surface area contributed by atoms with Gasteiger partial charge in [-0.2, -0.15) is 4.98 Å². The van der Waals surface area contributed by atoms with E-state index in [0.717, 1.165) is 29.7 Å². The summed E-state index contributed by atoms with van der Waals surface area (Å²) in [6.45, 7) is 1.74. The Kier molecular flexibility index (Phi) is 5.93. The van der Waals surface area contributed by atoms with E-state index < -0.39 is 0 Å². The Labute approximate surface area is 191 Å². The zero-order valence-corrected chi connectivity index (χ0v) is 18.6. The van der Waals surface area contributed by atoms with Gasteiger partial charge in [-0.25, -0.2) is 0 Å². The fourth-order valence-electron chi connectivity index (χ4n) is 4.06. The highest BCUT2D eigenvalue weighted by atomic mass is 16.5. The molecule has 1 aliphatic heterocycles. The number of likely N-dealkylation sites (tertiary alicyclic amines) is 1.